The summed E-state index contributed by atoms with van der Waals surface area (Å²) >= 11 is 0. The minimum Gasteiger partial charge on any atom is -0.373 e. The van der Waals surface area contributed by atoms with E-state index in [9.17, 15) is 0 Å². The van der Waals surface area contributed by atoms with Gasteiger partial charge in [0.1, 0.15) is 6.10 Å². The van der Waals surface area contributed by atoms with E-state index in [2.05, 4.69) is 35.2 Å². The van der Waals surface area contributed by atoms with Crippen LogP contribution in [-0.4, -0.2) is 27.0 Å². The predicted octanol–water partition coefficient (Wildman–Crippen LogP) is 3.00. The summed E-state index contributed by atoms with van der Waals surface area (Å²) in [5.41, 5.74) is 2.23. The van der Waals surface area contributed by atoms with E-state index < -0.39 is 0 Å². The minimum atomic E-state index is -0.0662. The van der Waals surface area contributed by atoms with Gasteiger partial charge in [-0.05, 0) is 32.8 Å². The fourth-order valence-electron chi connectivity index (χ4n) is 2.40. The molecular formula is C15H24N4O2. The molecule has 0 saturated heterocycles. The Morgan fingerprint density at radius 1 is 1.38 bits per heavy atom. The number of nitrogens with zero attached hydrogens (tertiary/aromatic N) is 4. The Kier molecular flexibility index (Phi) is 5.50. The molecule has 2 aromatic rings. The van der Waals surface area contributed by atoms with Gasteiger partial charge in [0.05, 0.1) is 5.69 Å². The van der Waals surface area contributed by atoms with Gasteiger partial charge in [-0.1, -0.05) is 18.5 Å². The van der Waals surface area contributed by atoms with Crippen LogP contribution in [0.5, 0.6) is 0 Å². The molecule has 1 atom stereocenters. The van der Waals surface area contributed by atoms with E-state index >= 15 is 0 Å². The number of ether oxygens (including phenoxy) is 1. The Bertz CT molecular complexity index is 562. The summed E-state index contributed by atoms with van der Waals surface area (Å²) in [6, 6.07) is 2.08. The van der Waals surface area contributed by atoms with E-state index in [1.807, 2.05) is 11.6 Å². The van der Waals surface area contributed by atoms with Crippen molar-refractivity contribution in [3.05, 3.63) is 29.2 Å². The molecule has 0 saturated carbocycles. The number of rotatable bonds is 8. The lowest BCUT2D eigenvalue weighted by Crippen LogP contribution is -2.05. The Labute approximate surface area is 125 Å². The minimum absolute atomic E-state index is 0.0662. The highest BCUT2D eigenvalue weighted by Gasteiger charge is 2.16. The maximum Gasteiger partial charge on any atom is 0.226 e. The second-order valence-electron chi connectivity index (χ2n) is 5.31. The van der Waals surface area contributed by atoms with Crippen LogP contribution in [0.2, 0.25) is 0 Å². The molecule has 0 N–H and O–H groups in total. The fraction of sp³-hybridized carbons (Fsp3) is 0.667. The third kappa shape index (κ3) is 4.14. The van der Waals surface area contributed by atoms with Gasteiger partial charge in [-0.25, -0.2) is 0 Å². The molecule has 0 spiro atoms. The van der Waals surface area contributed by atoms with E-state index in [-0.39, 0.29) is 6.10 Å². The van der Waals surface area contributed by atoms with Gasteiger partial charge in [-0.2, -0.15) is 10.1 Å². The number of methoxy groups -OCH3 is 1. The lowest BCUT2D eigenvalue weighted by atomic mass is 10.2. The summed E-state index contributed by atoms with van der Waals surface area (Å²) in [4.78, 5) is 4.43. The Morgan fingerprint density at radius 3 is 2.81 bits per heavy atom. The van der Waals surface area contributed by atoms with Crippen molar-refractivity contribution < 1.29 is 9.26 Å². The molecule has 0 aliphatic carbocycles. The first-order valence-electron chi connectivity index (χ1n) is 7.50. The van der Waals surface area contributed by atoms with Gasteiger partial charge >= 0.3 is 0 Å². The zero-order valence-corrected chi connectivity index (χ0v) is 13.3. The molecule has 2 aromatic heterocycles. The van der Waals surface area contributed by atoms with Crippen molar-refractivity contribution >= 4 is 0 Å². The monoisotopic (exact) mass is 292 g/mol. The number of hydrogen-bond donors (Lipinski definition) is 0. The molecule has 0 aliphatic heterocycles. The first kappa shape index (κ1) is 15.7. The standard InChI is InChI=1S/C15H24N4O2/c1-5-7-13(20-4)15-16-14(21-18-15)8-6-9-19-12(3)10-11(2)17-19/h10,13H,5-9H2,1-4H3. The molecule has 0 radical (unpaired) electrons. The smallest absolute Gasteiger partial charge is 0.226 e. The van der Waals surface area contributed by atoms with Crippen molar-refractivity contribution in [2.24, 2.45) is 0 Å². The van der Waals surface area contributed by atoms with Crippen LogP contribution in [0.3, 0.4) is 0 Å². The summed E-state index contributed by atoms with van der Waals surface area (Å²) in [5, 5.41) is 8.46. The lowest BCUT2D eigenvalue weighted by Gasteiger charge is -2.08. The maximum atomic E-state index is 5.38. The molecule has 1 unspecified atom stereocenters. The first-order valence-corrected chi connectivity index (χ1v) is 7.50. The van der Waals surface area contributed by atoms with E-state index in [0.29, 0.717) is 11.7 Å². The van der Waals surface area contributed by atoms with Crippen molar-refractivity contribution in [1.82, 2.24) is 19.9 Å². The van der Waals surface area contributed by atoms with Gasteiger partial charge in [0, 0.05) is 25.8 Å². The zero-order chi connectivity index (χ0) is 15.2. The Hall–Kier alpha value is -1.69. The average molecular weight is 292 g/mol. The second kappa shape index (κ2) is 7.36. The van der Waals surface area contributed by atoms with Crippen LogP contribution in [0.1, 0.15) is 55.4 Å². The quantitative estimate of drug-likeness (QED) is 0.748. The van der Waals surface area contributed by atoms with E-state index in [4.69, 9.17) is 9.26 Å². The van der Waals surface area contributed by atoms with Gasteiger partial charge in [-0.3, -0.25) is 4.68 Å². The van der Waals surface area contributed by atoms with Crippen LogP contribution in [0.25, 0.3) is 0 Å². The van der Waals surface area contributed by atoms with Gasteiger partial charge < -0.3 is 9.26 Å². The highest BCUT2D eigenvalue weighted by atomic mass is 16.5. The Morgan fingerprint density at radius 2 is 2.19 bits per heavy atom. The molecule has 0 bridgehead atoms. The first-order chi connectivity index (χ1) is 10.1. The van der Waals surface area contributed by atoms with Crippen LogP contribution < -0.4 is 0 Å². The van der Waals surface area contributed by atoms with Crippen molar-refractivity contribution in [3.8, 4) is 0 Å². The summed E-state index contributed by atoms with van der Waals surface area (Å²) in [6.07, 6.45) is 3.55. The molecule has 0 aromatic carbocycles. The van der Waals surface area contributed by atoms with Crippen molar-refractivity contribution in [1.29, 1.82) is 0 Å². The van der Waals surface area contributed by atoms with Crippen LogP contribution in [-0.2, 0) is 17.7 Å². The molecule has 6 heteroatoms. The molecule has 6 nitrogen and oxygen atoms in total. The lowest BCUT2D eigenvalue weighted by molar-refractivity contribution is 0.0854. The molecule has 0 fully saturated rings. The molecule has 2 heterocycles. The highest BCUT2D eigenvalue weighted by Crippen LogP contribution is 2.19. The van der Waals surface area contributed by atoms with Crippen LogP contribution in [0.15, 0.2) is 10.6 Å². The van der Waals surface area contributed by atoms with Gasteiger partial charge in [0.15, 0.2) is 0 Å². The summed E-state index contributed by atoms with van der Waals surface area (Å²) in [5.74, 6) is 1.32. The van der Waals surface area contributed by atoms with Crippen LogP contribution in [0.4, 0.5) is 0 Å². The summed E-state index contributed by atoms with van der Waals surface area (Å²) < 4.78 is 12.7. The van der Waals surface area contributed by atoms with E-state index in [0.717, 1.165) is 37.9 Å². The average Bonchev–Trinajstić information content (AvgIpc) is 3.03. The van der Waals surface area contributed by atoms with Crippen LogP contribution in [0, 0.1) is 13.8 Å². The zero-order valence-electron chi connectivity index (χ0n) is 13.3. The molecule has 0 amide bonds. The van der Waals surface area contributed by atoms with Crippen molar-refractivity contribution in [2.45, 2.75) is 59.1 Å². The summed E-state index contributed by atoms with van der Waals surface area (Å²) in [7, 11) is 1.68. The fourth-order valence-corrected chi connectivity index (χ4v) is 2.40. The number of aryl methyl sites for hydroxylation is 4. The van der Waals surface area contributed by atoms with E-state index in [1.165, 1.54) is 5.69 Å². The Balaban J connectivity index is 1.86. The van der Waals surface area contributed by atoms with Crippen molar-refractivity contribution in [2.75, 3.05) is 7.11 Å². The molecule has 116 valence electrons. The number of hydrogen-bond acceptors (Lipinski definition) is 5. The molecule has 0 aliphatic rings. The van der Waals surface area contributed by atoms with Crippen LogP contribution >= 0.6 is 0 Å². The topological polar surface area (TPSA) is 66.0 Å². The molecule has 21 heavy (non-hydrogen) atoms. The highest BCUT2D eigenvalue weighted by molar-refractivity contribution is 5.06. The van der Waals surface area contributed by atoms with E-state index in [1.54, 1.807) is 7.11 Å². The summed E-state index contributed by atoms with van der Waals surface area (Å²) in [6.45, 7) is 7.05. The third-order valence-electron chi connectivity index (χ3n) is 3.47. The third-order valence-corrected chi connectivity index (χ3v) is 3.47. The molecular weight excluding hydrogens is 268 g/mol. The van der Waals surface area contributed by atoms with Gasteiger partial charge in [0.2, 0.25) is 11.7 Å². The largest absolute Gasteiger partial charge is 0.373 e. The van der Waals surface area contributed by atoms with Crippen molar-refractivity contribution in [3.63, 3.8) is 0 Å². The van der Waals surface area contributed by atoms with Gasteiger partial charge in [0.25, 0.3) is 0 Å². The second-order valence-corrected chi connectivity index (χ2v) is 5.31. The SMILES string of the molecule is CCCC(OC)c1noc(CCCn2nc(C)cc2C)n1. The van der Waals surface area contributed by atoms with Gasteiger partial charge in [-0.15, -0.1) is 0 Å². The predicted molar refractivity (Wildman–Crippen MR) is 79.0 cm³/mol. The maximum absolute atomic E-state index is 5.38. The number of aromatic nitrogens is 4. The molecule has 2 rings (SSSR count). The normalized spacial score (nSPS) is 12.8.